The Morgan fingerprint density at radius 3 is 2.93 bits per heavy atom. The molecule has 2 rings (SSSR count). The van der Waals surface area contributed by atoms with Crippen LogP contribution in [0.25, 0.3) is 0 Å². The molecule has 0 bridgehead atoms. The van der Waals surface area contributed by atoms with Crippen LogP contribution in [-0.4, -0.2) is 23.2 Å². The van der Waals surface area contributed by atoms with E-state index in [-0.39, 0.29) is 0 Å². The molecule has 78 valence electrons. The lowest BCUT2D eigenvalue weighted by Crippen LogP contribution is -2.40. The molecule has 0 spiro atoms. The van der Waals surface area contributed by atoms with E-state index < -0.39 is 0 Å². The van der Waals surface area contributed by atoms with Gasteiger partial charge in [-0.1, -0.05) is 24.9 Å². The molecular formula is C10H17N3O. The Bertz CT molecular complexity index is 281. The van der Waals surface area contributed by atoms with Crippen molar-refractivity contribution >= 4 is 0 Å². The van der Waals surface area contributed by atoms with Crippen molar-refractivity contribution in [2.24, 2.45) is 0 Å². The predicted octanol–water partition coefficient (Wildman–Crippen LogP) is 1.49. The summed E-state index contributed by atoms with van der Waals surface area (Å²) < 4.78 is 5.18. The molecule has 1 aliphatic rings. The van der Waals surface area contributed by atoms with E-state index in [0.29, 0.717) is 5.92 Å². The zero-order valence-electron chi connectivity index (χ0n) is 8.62. The number of nitrogens with one attached hydrogen (secondary N) is 1. The topological polar surface area (TPSA) is 51.0 Å². The average molecular weight is 195 g/mol. The van der Waals surface area contributed by atoms with Gasteiger partial charge in [0.05, 0.1) is 0 Å². The zero-order chi connectivity index (χ0) is 9.80. The molecule has 0 aromatic carbocycles. The van der Waals surface area contributed by atoms with Gasteiger partial charge < -0.3 is 9.84 Å². The number of rotatable bonds is 5. The van der Waals surface area contributed by atoms with Crippen molar-refractivity contribution in [2.75, 3.05) is 13.1 Å². The first-order chi connectivity index (χ1) is 6.90. The Balaban J connectivity index is 1.83. The van der Waals surface area contributed by atoms with Gasteiger partial charge in [-0.15, -0.1) is 0 Å². The molecule has 1 aromatic heterocycles. The number of aromatic nitrogens is 2. The Morgan fingerprint density at radius 1 is 1.43 bits per heavy atom. The number of nitrogens with zero attached hydrogens (tertiary/aromatic N) is 2. The number of unbranched alkanes of at least 4 members (excludes halogenated alkanes) is 2. The van der Waals surface area contributed by atoms with Crippen LogP contribution in [0.2, 0.25) is 0 Å². The first kappa shape index (κ1) is 9.65. The van der Waals surface area contributed by atoms with Gasteiger partial charge in [0.25, 0.3) is 0 Å². The van der Waals surface area contributed by atoms with E-state index in [9.17, 15) is 0 Å². The second kappa shape index (κ2) is 4.55. The molecule has 0 radical (unpaired) electrons. The molecule has 14 heavy (non-hydrogen) atoms. The second-order valence-corrected chi connectivity index (χ2v) is 3.86. The fourth-order valence-corrected chi connectivity index (χ4v) is 1.53. The minimum absolute atomic E-state index is 0.485. The summed E-state index contributed by atoms with van der Waals surface area (Å²) >= 11 is 0. The Morgan fingerprint density at radius 2 is 2.29 bits per heavy atom. The van der Waals surface area contributed by atoms with E-state index in [1.807, 2.05) is 0 Å². The van der Waals surface area contributed by atoms with E-state index in [4.69, 9.17) is 4.52 Å². The summed E-state index contributed by atoms with van der Waals surface area (Å²) in [6.45, 7) is 4.18. The number of hydrogen-bond acceptors (Lipinski definition) is 4. The highest BCUT2D eigenvalue weighted by Gasteiger charge is 2.23. The summed E-state index contributed by atoms with van der Waals surface area (Å²) in [4.78, 5) is 4.39. The molecule has 0 saturated carbocycles. The molecule has 1 aromatic rings. The van der Waals surface area contributed by atoms with Gasteiger partial charge >= 0.3 is 0 Å². The van der Waals surface area contributed by atoms with E-state index in [1.54, 1.807) is 0 Å². The number of aryl methyl sites for hydroxylation is 1. The minimum atomic E-state index is 0.485. The zero-order valence-corrected chi connectivity index (χ0v) is 8.62. The van der Waals surface area contributed by atoms with E-state index in [2.05, 4.69) is 22.4 Å². The van der Waals surface area contributed by atoms with Crippen LogP contribution in [0.1, 0.15) is 43.8 Å². The molecule has 2 heterocycles. The summed E-state index contributed by atoms with van der Waals surface area (Å²) in [6.07, 6.45) is 4.55. The lowest BCUT2D eigenvalue weighted by Gasteiger charge is -2.23. The largest absolute Gasteiger partial charge is 0.339 e. The maximum absolute atomic E-state index is 5.18. The molecular weight excluding hydrogens is 178 g/mol. The van der Waals surface area contributed by atoms with Gasteiger partial charge in [0, 0.05) is 25.4 Å². The fourth-order valence-electron chi connectivity index (χ4n) is 1.53. The summed E-state index contributed by atoms with van der Waals surface area (Å²) in [5.74, 6) is 2.18. The first-order valence-electron chi connectivity index (χ1n) is 5.43. The quantitative estimate of drug-likeness (QED) is 0.723. The molecule has 0 aliphatic carbocycles. The lowest BCUT2D eigenvalue weighted by atomic mass is 10.0. The van der Waals surface area contributed by atoms with Gasteiger partial charge in [-0.05, 0) is 6.42 Å². The molecule has 4 heteroatoms. The van der Waals surface area contributed by atoms with Crippen molar-refractivity contribution in [3.63, 3.8) is 0 Å². The van der Waals surface area contributed by atoms with Crippen LogP contribution >= 0.6 is 0 Å². The first-order valence-corrected chi connectivity index (χ1v) is 5.43. The normalized spacial score (nSPS) is 16.9. The van der Waals surface area contributed by atoms with Gasteiger partial charge in [-0.3, -0.25) is 0 Å². The molecule has 4 nitrogen and oxygen atoms in total. The third-order valence-electron chi connectivity index (χ3n) is 2.62. The molecule has 1 saturated heterocycles. The van der Waals surface area contributed by atoms with Crippen molar-refractivity contribution in [3.05, 3.63) is 11.7 Å². The van der Waals surface area contributed by atoms with Gasteiger partial charge in [0.15, 0.2) is 5.82 Å². The van der Waals surface area contributed by atoms with E-state index in [1.165, 1.54) is 12.8 Å². The Kier molecular flexibility index (Phi) is 3.14. The lowest BCUT2D eigenvalue weighted by molar-refractivity contribution is 0.353. The van der Waals surface area contributed by atoms with Crippen LogP contribution in [0.5, 0.6) is 0 Å². The fraction of sp³-hybridized carbons (Fsp3) is 0.800. The summed E-state index contributed by atoms with van der Waals surface area (Å²) in [6, 6.07) is 0. The third kappa shape index (κ3) is 2.12. The van der Waals surface area contributed by atoms with Gasteiger partial charge in [0.1, 0.15) is 0 Å². The van der Waals surface area contributed by atoms with E-state index in [0.717, 1.165) is 37.6 Å². The molecule has 0 unspecified atom stereocenters. The van der Waals surface area contributed by atoms with Crippen molar-refractivity contribution in [1.82, 2.24) is 15.5 Å². The van der Waals surface area contributed by atoms with Crippen LogP contribution in [0.15, 0.2) is 4.52 Å². The SMILES string of the molecule is CCCCCc1nc(C2CNC2)no1. The highest BCUT2D eigenvalue weighted by molar-refractivity contribution is 5.02. The maximum atomic E-state index is 5.18. The minimum Gasteiger partial charge on any atom is -0.339 e. The second-order valence-electron chi connectivity index (χ2n) is 3.86. The molecule has 1 N–H and O–H groups in total. The Labute approximate surface area is 84.1 Å². The van der Waals surface area contributed by atoms with Crippen LogP contribution in [-0.2, 0) is 6.42 Å². The monoisotopic (exact) mass is 195 g/mol. The maximum Gasteiger partial charge on any atom is 0.226 e. The van der Waals surface area contributed by atoms with Crippen molar-refractivity contribution in [2.45, 2.75) is 38.5 Å². The smallest absolute Gasteiger partial charge is 0.226 e. The van der Waals surface area contributed by atoms with Crippen LogP contribution < -0.4 is 5.32 Å². The summed E-state index contributed by atoms with van der Waals surface area (Å²) in [5.41, 5.74) is 0. The van der Waals surface area contributed by atoms with Crippen LogP contribution in [0.3, 0.4) is 0 Å². The average Bonchev–Trinajstić information content (AvgIpc) is 2.51. The molecule has 1 fully saturated rings. The summed E-state index contributed by atoms with van der Waals surface area (Å²) in [5, 5.41) is 7.19. The summed E-state index contributed by atoms with van der Waals surface area (Å²) in [7, 11) is 0. The van der Waals surface area contributed by atoms with Crippen LogP contribution in [0, 0.1) is 0 Å². The molecule has 0 amide bonds. The third-order valence-corrected chi connectivity index (χ3v) is 2.62. The molecule has 0 atom stereocenters. The predicted molar refractivity (Wildman–Crippen MR) is 53.1 cm³/mol. The van der Waals surface area contributed by atoms with Gasteiger partial charge in [-0.2, -0.15) is 4.98 Å². The highest BCUT2D eigenvalue weighted by Crippen LogP contribution is 2.16. The van der Waals surface area contributed by atoms with Crippen molar-refractivity contribution in [3.8, 4) is 0 Å². The standard InChI is InChI=1S/C10H17N3O/c1-2-3-4-5-9-12-10(13-14-9)8-6-11-7-8/h8,11H,2-7H2,1H3. The van der Waals surface area contributed by atoms with Crippen LogP contribution in [0.4, 0.5) is 0 Å². The van der Waals surface area contributed by atoms with Crippen molar-refractivity contribution in [1.29, 1.82) is 0 Å². The Hall–Kier alpha value is -0.900. The van der Waals surface area contributed by atoms with Gasteiger partial charge in [0.2, 0.25) is 5.89 Å². The number of hydrogen-bond donors (Lipinski definition) is 1. The molecule has 1 aliphatic heterocycles. The van der Waals surface area contributed by atoms with Crippen molar-refractivity contribution < 1.29 is 4.52 Å². The van der Waals surface area contributed by atoms with E-state index >= 15 is 0 Å². The highest BCUT2D eigenvalue weighted by atomic mass is 16.5. The van der Waals surface area contributed by atoms with Gasteiger partial charge in [-0.25, -0.2) is 0 Å².